The molecule has 1 saturated heterocycles. The maximum Gasteiger partial charge on any atom is 0.305 e. The third kappa shape index (κ3) is 5.94. The lowest BCUT2D eigenvalue weighted by Gasteiger charge is -2.39. The Balaban J connectivity index is 1.66. The van der Waals surface area contributed by atoms with Crippen LogP contribution in [0.25, 0.3) is 32.9 Å². The van der Waals surface area contributed by atoms with Gasteiger partial charge in [0.05, 0.1) is 23.2 Å². The number of hydrogen-bond acceptors (Lipinski definition) is 9. The predicted molar refractivity (Wildman–Crippen MR) is 162 cm³/mol. The number of rotatable bonds is 8. The van der Waals surface area contributed by atoms with Crippen molar-refractivity contribution in [2.75, 3.05) is 30.9 Å². The SMILES string of the molecule is CCOC(=O)CCCc1c(F)ccc2cc(O)cc(-c3ncc4c(N5CCC[C@@](C)(N)C5)nc(SC)nc4c3C)c12. The molecule has 2 aromatic heterocycles. The number of aromatic hydroxyl groups is 1. The Kier molecular flexibility index (Phi) is 8.33. The summed E-state index contributed by atoms with van der Waals surface area (Å²) in [6, 6.07) is 6.31. The highest BCUT2D eigenvalue weighted by atomic mass is 32.2. The molecule has 0 saturated carbocycles. The van der Waals surface area contributed by atoms with E-state index in [-0.39, 0.29) is 29.5 Å². The number of anilines is 1. The van der Waals surface area contributed by atoms with Crippen LogP contribution in [-0.4, -0.2) is 57.5 Å². The van der Waals surface area contributed by atoms with E-state index < -0.39 is 0 Å². The summed E-state index contributed by atoms with van der Waals surface area (Å²) in [5, 5.41) is 13.5. The van der Waals surface area contributed by atoms with Crippen molar-refractivity contribution in [2.45, 2.75) is 63.6 Å². The molecule has 1 aliphatic heterocycles. The smallest absolute Gasteiger partial charge is 0.305 e. The summed E-state index contributed by atoms with van der Waals surface area (Å²) in [7, 11) is 0. The normalized spacial score (nSPS) is 17.4. The molecule has 0 aliphatic carbocycles. The van der Waals surface area contributed by atoms with Gasteiger partial charge in [0.15, 0.2) is 5.16 Å². The average molecular weight is 578 g/mol. The van der Waals surface area contributed by atoms with E-state index in [2.05, 4.69) is 11.8 Å². The molecule has 0 spiro atoms. The minimum atomic E-state index is -0.365. The third-order valence-electron chi connectivity index (χ3n) is 7.67. The lowest BCUT2D eigenvalue weighted by Crippen LogP contribution is -2.52. The highest BCUT2D eigenvalue weighted by molar-refractivity contribution is 7.98. The molecule has 3 heterocycles. The van der Waals surface area contributed by atoms with Crippen LogP contribution in [0.3, 0.4) is 0 Å². The Morgan fingerprint density at radius 3 is 2.83 bits per heavy atom. The van der Waals surface area contributed by atoms with Gasteiger partial charge in [-0.05, 0) is 87.2 Å². The van der Waals surface area contributed by atoms with E-state index in [9.17, 15) is 9.90 Å². The van der Waals surface area contributed by atoms with Crippen molar-refractivity contribution in [3.8, 4) is 17.0 Å². The number of fused-ring (bicyclic) bond motifs is 2. The number of hydrogen-bond donors (Lipinski definition) is 2. The number of esters is 1. The molecule has 1 fully saturated rings. The highest BCUT2D eigenvalue weighted by Gasteiger charge is 2.29. The fraction of sp³-hybridized carbons (Fsp3) is 0.419. The molecule has 1 aliphatic rings. The van der Waals surface area contributed by atoms with Crippen LogP contribution in [-0.2, 0) is 16.0 Å². The first-order valence-corrected chi connectivity index (χ1v) is 15.2. The molecule has 2 aromatic carbocycles. The third-order valence-corrected chi connectivity index (χ3v) is 8.22. The lowest BCUT2D eigenvalue weighted by atomic mass is 9.91. The van der Waals surface area contributed by atoms with Crippen LogP contribution in [0.15, 0.2) is 35.6 Å². The van der Waals surface area contributed by atoms with Crippen molar-refractivity contribution < 1.29 is 19.0 Å². The maximum atomic E-state index is 15.3. The van der Waals surface area contributed by atoms with E-state index in [0.29, 0.717) is 58.7 Å². The van der Waals surface area contributed by atoms with Crippen LogP contribution < -0.4 is 10.6 Å². The molecule has 3 N–H and O–H groups in total. The maximum absolute atomic E-state index is 15.3. The van der Waals surface area contributed by atoms with E-state index in [4.69, 9.17) is 25.4 Å². The molecule has 1 atom stereocenters. The largest absolute Gasteiger partial charge is 0.508 e. The summed E-state index contributed by atoms with van der Waals surface area (Å²) in [6.07, 6.45) is 6.60. The quantitative estimate of drug-likeness (QED) is 0.150. The van der Waals surface area contributed by atoms with Gasteiger partial charge < -0.3 is 20.5 Å². The molecule has 5 rings (SSSR count). The van der Waals surface area contributed by atoms with Crippen LogP contribution in [0.5, 0.6) is 5.75 Å². The molecule has 41 heavy (non-hydrogen) atoms. The van der Waals surface area contributed by atoms with Crippen molar-refractivity contribution >= 4 is 45.2 Å². The van der Waals surface area contributed by atoms with Gasteiger partial charge in [-0.2, -0.15) is 0 Å². The number of phenols is 1. The number of halogens is 1. The molecule has 0 bridgehead atoms. The number of nitrogens with zero attached hydrogens (tertiary/aromatic N) is 4. The summed E-state index contributed by atoms with van der Waals surface area (Å²) in [4.78, 5) is 28.7. The Hall–Kier alpha value is -3.50. The first-order chi connectivity index (χ1) is 19.6. The minimum absolute atomic E-state index is 0.0570. The lowest BCUT2D eigenvalue weighted by molar-refractivity contribution is -0.143. The van der Waals surface area contributed by atoms with E-state index in [1.54, 1.807) is 31.3 Å². The van der Waals surface area contributed by atoms with Gasteiger partial charge in [0, 0.05) is 42.4 Å². The second kappa shape index (κ2) is 11.8. The molecular weight excluding hydrogens is 541 g/mol. The summed E-state index contributed by atoms with van der Waals surface area (Å²) < 4.78 is 20.4. The second-order valence-electron chi connectivity index (χ2n) is 11.0. The number of carbonyl (C=O) groups excluding carboxylic acids is 1. The second-order valence-corrected chi connectivity index (χ2v) is 11.8. The Bertz CT molecular complexity index is 1630. The first-order valence-electron chi connectivity index (χ1n) is 14.0. The Morgan fingerprint density at radius 2 is 2.10 bits per heavy atom. The number of carbonyl (C=O) groups is 1. The number of aryl methyl sites for hydroxylation is 2. The van der Waals surface area contributed by atoms with Gasteiger partial charge >= 0.3 is 5.97 Å². The van der Waals surface area contributed by atoms with E-state index in [0.717, 1.165) is 41.7 Å². The van der Waals surface area contributed by atoms with Gasteiger partial charge in [-0.3, -0.25) is 9.78 Å². The number of thioether (sulfide) groups is 1. The molecule has 8 nitrogen and oxygen atoms in total. The number of benzene rings is 2. The molecule has 216 valence electrons. The summed E-state index contributed by atoms with van der Waals surface area (Å²) in [5.74, 6) is 0.198. The molecular formula is C31H36FN5O3S. The zero-order valence-electron chi connectivity index (χ0n) is 24.0. The minimum Gasteiger partial charge on any atom is -0.508 e. The monoisotopic (exact) mass is 577 g/mol. The summed E-state index contributed by atoms with van der Waals surface area (Å²) >= 11 is 1.47. The van der Waals surface area contributed by atoms with Crippen molar-refractivity contribution in [2.24, 2.45) is 5.73 Å². The van der Waals surface area contributed by atoms with Crippen LogP contribution in [0.4, 0.5) is 10.2 Å². The Morgan fingerprint density at radius 1 is 1.29 bits per heavy atom. The fourth-order valence-corrected chi connectivity index (χ4v) is 6.17. The zero-order chi connectivity index (χ0) is 29.3. The van der Waals surface area contributed by atoms with Gasteiger partial charge in [-0.1, -0.05) is 17.8 Å². The van der Waals surface area contributed by atoms with Crippen LogP contribution in [0.2, 0.25) is 0 Å². The van der Waals surface area contributed by atoms with Crippen LogP contribution in [0, 0.1) is 12.7 Å². The Labute approximate surface area is 243 Å². The number of pyridine rings is 1. The van der Waals surface area contributed by atoms with E-state index in [1.807, 2.05) is 13.2 Å². The molecule has 10 heteroatoms. The molecule has 0 amide bonds. The van der Waals surface area contributed by atoms with Crippen LogP contribution in [0.1, 0.15) is 50.7 Å². The number of phenolic OH excluding ortho intramolecular Hbond substituents is 1. The van der Waals surface area contributed by atoms with Gasteiger partial charge in [-0.25, -0.2) is 14.4 Å². The van der Waals surface area contributed by atoms with E-state index >= 15 is 4.39 Å². The predicted octanol–water partition coefficient (Wildman–Crippen LogP) is 5.92. The van der Waals surface area contributed by atoms with Gasteiger partial charge in [0.25, 0.3) is 0 Å². The number of piperidine rings is 1. The van der Waals surface area contributed by atoms with Crippen LogP contribution >= 0.6 is 11.8 Å². The molecule has 0 unspecified atom stereocenters. The molecule has 4 aromatic rings. The van der Waals surface area contributed by atoms with Gasteiger partial charge in [0.2, 0.25) is 0 Å². The summed E-state index contributed by atoms with van der Waals surface area (Å²) in [5.41, 5.74) is 9.47. The number of aromatic nitrogens is 3. The van der Waals surface area contributed by atoms with Crippen molar-refractivity contribution in [1.29, 1.82) is 0 Å². The highest BCUT2D eigenvalue weighted by Crippen LogP contribution is 2.40. The topological polar surface area (TPSA) is 114 Å². The van der Waals surface area contributed by atoms with Gasteiger partial charge in [-0.15, -0.1) is 0 Å². The summed E-state index contributed by atoms with van der Waals surface area (Å²) in [6.45, 7) is 7.61. The standard InChI is InChI=1S/C31H36FN5O3S/c1-5-40-25(39)9-6-8-21-24(32)11-10-19-14-20(38)15-22(26(19)21)27-18(2)28-23(16-34-27)29(36-30(35-28)41-4)37-13-7-12-31(3,33)17-37/h10-11,14-16,38H,5-9,12-13,17,33H2,1-4H3/t31-/m1/s1. The van der Waals surface area contributed by atoms with Crippen molar-refractivity contribution in [3.63, 3.8) is 0 Å². The van der Waals surface area contributed by atoms with Gasteiger partial charge in [0.1, 0.15) is 17.4 Å². The average Bonchev–Trinajstić information content (AvgIpc) is 2.93. The molecule has 0 radical (unpaired) electrons. The van der Waals surface area contributed by atoms with Crippen molar-refractivity contribution in [3.05, 3.63) is 47.4 Å². The number of nitrogens with two attached hydrogens (primary N) is 1. The zero-order valence-corrected chi connectivity index (χ0v) is 24.8. The van der Waals surface area contributed by atoms with Crippen molar-refractivity contribution in [1.82, 2.24) is 15.0 Å². The van der Waals surface area contributed by atoms with E-state index in [1.165, 1.54) is 17.8 Å². The first kappa shape index (κ1) is 29.0. The fourth-order valence-electron chi connectivity index (χ4n) is 5.81. The number of ether oxygens (including phenoxy) is 1.